The maximum Gasteiger partial charge on any atom is 0.234 e. The number of nitrogens with zero attached hydrogens (tertiary/aromatic N) is 2. The van der Waals surface area contributed by atoms with Gasteiger partial charge in [0.05, 0.1) is 25.7 Å². The van der Waals surface area contributed by atoms with Crippen LogP contribution in [0.1, 0.15) is 0 Å². The Bertz CT molecular complexity index is 648. The number of rotatable bonds is 7. The summed E-state index contributed by atoms with van der Waals surface area (Å²) >= 11 is 2.73. The van der Waals surface area contributed by atoms with Crippen LogP contribution in [0.4, 0.5) is 10.8 Å². The van der Waals surface area contributed by atoms with E-state index in [-0.39, 0.29) is 11.7 Å². The molecule has 118 valence electrons. The maximum atomic E-state index is 12.0. The zero-order chi connectivity index (χ0) is 15.9. The zero-order valence-corrected chi connectivity index (χ0v) is 14.0. The second-order valence-electron chi connectivity index (χ2n) is 4.03. The third kappa shape index (κ3) is 4.25. The molecule has 2 N–H and O–H groups in total. The third-order valence-corrected chi connectivity index (χ3v) is 4.70. The Hall–Kier alpha value is -2.00. The van der Waals surface area contributed by atoms with Gasteiger partial charge in [0.15, 0.2) is 4.34 Å². The predicted molar refractivity (Wildman–Crippen MR) is 88.4 cm³/mol. The summed E-state index contributed by atoms with van der Waals surface area (Å²) in [5, 5.41) is 14.3. The van der Waals surface area contributed by atoms with E-state index in [9.17, 15) is 4.79 Å². The number of nitrogens with one attached hydrogen (secondary N) is 2. The van der Waals surface area contributed by atoms with Gasteiger partial charge >= 0.3 is 0 Å². The van der Waals surface area contributed by atoms with Gasteiger partial charge in [-0.15, -0.1) is 10.2 Å². The number of ether oxygens (including phenoxy) is 2. The van der Waals surface area contributed by atoms with E-state index in [4.69, 9.17) is 9.47 Å². The first-order chi connectivity index (χ1) is 10.7. The van der Waals surface area contributed by atoms with Gasteiger partial charge < -0.3 is 20.1 Å². The molecule has 1 aromatic heterocycles. The van der Waals surface area contributed by atoms with Crippen molar-refractivity contribution in [3.05, 3.63) is 18.2 Å². The molecule has 0 aliphatic rings. The summed E-state index contributed by atoms with van der Waals surface area (Å²) in [4.78, 5) is 12.0. The van der Waals surface area contributed by atoms with Gasteiger partial charge in [0.2, 0.25) is 11.0 Å². The summed E-state index contributed by atoms with van der Waals surface area (Å²) in [6.07, 6.45) is 0. The summed E-state index contributed by atoms with van der Waals surface area (Å²) in [7, 11) is 4.89. The Morgan fingerprint density at radius 2 is 2.14 bits per heavy atom. The molecule has 0 aliphatic heterocycles. The van der Waals surface area contributed by atoms with Gasteiger partial charge in [0.1, 0.15) is 11.5 Å². The van der Waals surface area contributed by atoms with Crippen LogP contribution in [0.2, 0.25) is 0 Å². The highest BCUT2D eigenvalue weighted by molar-refractivity contribution is 8.01. The van der Waals surface area contributed by atoms with Gasteiger partial charge in [-0.2, -0.15) is 0 Å². The second-order valence-corrected chi connectivity index (χ2v) is 6.23. The van der Waals surface area contributed by atoms with Gasteiger partial charge in [-0.3, -0.25) is 4.79 Å². The minimum absolute atomic E-state index is 0.144. The van der Waals surface area contributed by atoms with Crippen molar-refractivity contribution >= 4 is 39.8 Å². The van der Waals surface area contributed by atoms with E-state index in [1.165, 1.54) is 23.1 Å². The van der Waals surface area contributed by atoms with Crippen LogP contribution >= 0.6 is 23.1 Å². The van der Waals surface area contributed by atoms with E-state index in [0.29, 0.717) is 17.2 Å². The van der Waals surface area contributed by atoms with E-state index in [1.807, 2.05) is 0 Å². The molecule has 1 aromatic carbocycles. The molecule has 1 heterocycles. The van der Waals surface area contributed by atoms with E-state index in [0.717, 1.165) is 9.47 Å². The first-order valence-corrected chi connectivity index (χ1v) is 8.12. The fourth-order valence-electron chi connectivity index (χ4n) is 1.58. The molecule has 0 saturated heterocycles. The van der Waals surface area contributed by atoms with E-state index >= 15 is 0 Å². The normalized spacial score (nSPS) is 10.1. The summed E-state index contributed by atoms with van der Waals surface area (Å²) in [6.45, 7) is 0. The molecule has 0 radical (unpaired) electrons. The molecule has 2 aromatic rings. The number of aromatic nitrogens is 2. The highest BCUT2D eigenvalue weighted by atomic mass is 32.2. The Morgan fingerprint density at radius 1 is 1.32 bits per heavy atom. The van der Waals surface area contributed by atoms with Crippen LogP contribution in [0.5, 0.6) is 11.5 Å². The van der Waals surface area contributed by atoms with Crippen molar-refractivity contribution in [2.24, 2.45) is 0 Å². The highest BCUT2D eigenvalue weighted by Crippen LogP contribution is 2.30. The molecule has 0 aliphatic carbocycles. The van der Waals surface area contributed by atoms with Crippen LogP contribution in [-0.4, -0.2) is 43.1 Å². The van der Waals surface area contributed by atoms with E-state index < -0.39 is 0 Å². The lowest BCUT2D eigenvalue weighted by atomic mass is 10.2. The number of anilines is 2. The molecular weight excluding hydrogens is 324 g/mol. The molecule has 2 rings (SSSR count). The highest BCUT2D eigenvalue weighted by Gasteiger charge is 2.11. The second kappa shape index (κ2) is 7.85. The smallest absolute Gasteiger partial charge is 0.234 e. The first-order valence-electron chi connectivity index (χ1n) is 6.32. The van der Waals surface area contributed by atoms with Gasteiger partial charge in [0, 0.05) is 13.1 Å². The summed E-state index contributed by atoms with van der Waals surface area (Å²) in [5.41, 5.74) is 0.599. The number of benzene rings is 1. The fourth-order valence-corrected chi connectivity index (χ4v) is 3.09. The van der Waals surface area contributed by atoms with Crippen molar-refractivity contribution in [1.82, 2.24) is 10.2 Å². The lowest BCUT2D eigenvalue weighted by Gasteiger charge is -2.11. The largest absolute Gasteiger partial charge is 0.497 e. The summed E-state index contributed by atoms with van der Waals surface area (Å²) in [5.74, 6) is 1.31. The monoisotopic (exact) mass is 340 g/mol. The lowest BCUT2D eigenvalue weighted by Crippen LogP contribution is -2.14. The van der Waals surface area contributed by atoms with Gasteiger partial charge in [-0.1, -0.05) is 23.1 Å². The maximum absolute atomic E-state index is 12.0. The number of thioether (sulfide) groups is 1. The molecule has 0 spiro atoms. The van der Waals surface area contributed by atoms with E-state index in [1.54, 1.807) is 39.5 Å². The quantitative estimate of drug-likeness (QED) is 0.748. The number of hydrogen-bond donors (Lipinski definition) is 2. The average molecular weight is 340 g/mol. The summed E-state index contributed by atoms with van der Waals surface area (Å²) in [6, 6.07) is 5.21. The van der Waals surface area contributed by atoms with Gasteiger partial charge in [0.25, 0.3) is 0 Å². The molecule has 7 nitrogen and oxygen atoms in total. The Kier molecular flexibility index (Phi) is 5.84. The fraction of sp³-hybridized carbons (Fsp3) is 0.308. The SMILES string of the molecule is CNc1nnc(SCC(=O)Nc2ccc(OC)cc2OC)s1. The molecule has 1 amide bonds. The standard InChI is InChI=1S/C13H16N4O3S2/c1-14-12-16-17-13(22-12)21-7-11(18)15-9-5-4-8(19-2)6-10(9)20-3/h4-6H,7H2,1-3H3,(H,14,16)(H,15,18). The Balaban J connectivity index is 1.94. The van der Waals surface area contributed by atoms with Crippen LogP contribution in [0.3, 0.4) is 0 Å². The molecule has 0 saturated carbocycles. The Labute approximate surface area is 136 Å². The predicted octanol–water partition coefficient (Wildman–Crippen LogP) is 2.33. The van der Waals surface area contributed by atoms with Gasteiger partial charge in [-0.25, -0.2) is 0 Å². The molecule has 0 fully saturated rings. The number of carbonyl (C=O) groups excluding carboxylic acids is 1. The van der Waals surface area contributed by atoms with Crippen molar-refractivity contribution < 1.29 is 14.3 Å². The topological polar surface area (TPSA) is 85.4 Å². The minimum Gasteiger partial charge on any atom is -0.497 e. The van der Waals surface area contributed by atoms with Crippen molar-refractivity contribution in [3.63, 3.8) is 0 Å². The summed E-state index contributed by atoms with van der Waals surface area (Å²) < 4.78 is 11.1. The zero-order valence-electron chi connectivity index (χ0n) is 12.4. The molecule has 0 unspecified atom stereocenters. The van der Waals surface area contributed by atoms with Crippen LogP contribution < -0.4 is 20.1 Å². The van der Waals surface area contributed by atoms with Crippen molar-refractivity contribution in [1.29, 1.82) is 0 Å². The van der Waals surface area contributed by atoms with Crippen LogP contribution in [0.25, 0.3) is 0 Å². The Morgan fingerprint density at radius 3 is 2.77 bits per heavy atom. The molecular formula is C13H16N4O3S2. The number of hydrogen-bond acceptors (Lipinski definition) is 8. The van der Waals surface area contributed by atoms with Crippen molar-refractivity contribution in [3.8, 4) is 11.5 Å². The minimum atomic E-state index is -0.144. The average Bonchev–Trinajstić information content (AvgIpc) is 3.01. The molecule has 22 heavy (non-hydrogen) atoms. The van der Waals surface area contributed by atoms with Crippen molar-refractivity contribution in [2.45, 2.75) is 4.34 Å². The molecule has 9 heteroatoms. The van der Waals surface area contributed by atoms with E-state index in [2.05, 4.69) is 20.8 Å². The number of carbonyl (C=O) groups is 1. The number of amides is 1. The van der Waals surface area contributed by atoms with Gasteiger partial charge in [-0.05, 0) is 12.1 Å². The first kappa shape index (κ1) is 16.4. The molecule has 0 atom stereocenters. The van der Waals surface area contributed by atoms with Crippen molar-refractivity contribution in [2.75, 3.05) is 37.7 Å². The van der Waals surface area contributed by atoms with Crippen LogP contribution in [0.15, 0.2) is 22.5 Å². The number of methoxy groups -OCH3 is 2. The van der Waals surface area contributed by atoms with Crippen LogP contribution in [0, 0.1) is 0 Å². The molecule has 0 bridgehead atoms. The third-order valence-electron chi connectivity index (χ3n) is 2.63. The lowest BCUT2D eigenvalue weighted by molar-refractivity contribution is -0.113. The van der Waals surface area contributed by atoms with Crippen LogP contribution in [-0.2, 0) is 4.79 Å².